The van der Waals surface area contributed by atoms with Gasteiger partial charge in [-0.3, -0.25) is 4.79 Å². The zero-order chi connectivity index (χ0) is 11.5. The molecule has 1 N–H and O–H groups in total. The lowest BCUT2D eigenvalue weighted by molar-refractivity contribution is -0.137. The van der Waals surface area contributed by atoms with Crippen molar-refractivity contribution < 1.29 is 9.53 Å². The standard InChI is InChI=1S/C12H22N2O2/c1-9-7-10(3-5-13-9)12(15)14(2)11-4-6-16-8-11/h9-11,13H,3-8H2,1-2H3/t9-,10-,11?/m0/s1. The Balaban J connectivity index is 1.89. The van der Waals surface area contributed by atoms with Gasteiger partial charge in [-0.15, -0.1) is 0 Å². The summed E-state index contributed by atoms with van der Waals surface area (Å²) in [6.45, 7) is 4.62. The van der Waals surface area contributed by atoms with Crippen molar-refractivity contribution in [2.45, 2.75) is 38.3 Å². The molecular formula is C12H22N2O2. The van der Waals surface area contributed by atoms with Gasteiger partial charge in [0.2, 0.25) is 5.91 Å². The summed E-state index contributed by atoms with van der Waals surface area (Å²) in [4.78, 5) is 14.2. The van der Waals surface area contributed by atoms with Crippen LogP contribution in [0.25, 0.3) is 0 Å². The number of piperidine rings is 1. The van der Waals surface area contributed by atoms with Crippen LogP contribution in [0, 0.1) is 5.92 Å². The van der Waals surface area contributed by atoms with Gasteiger partial charge in [0.25, 0.3) is 0 Å². The lowest BCUT2D eigenvalue weighted by Gasteiger charge is -2.32. The molecule has 4 heteroatoms. The summed E-state index contributed by atoms with van der Waals surface area (Å²) in [5, 5.41) is 3.38. The van der Waals surface area contributed by atoms with Crippen molar-refractivity contribution in [3.8, 4) is 0 Å². The summed E-state index contributed by atoms with van der Waals surface area (Å²) in [6, 6.07) is 0.772. The van der Waals surface area contributed by atoms with Crippen LogP contribution >= 0.6 is 0 Å². The molecule has 2 aliphatic rings. The SMILES string of the molecule is C[C@H]1C[C@@H](C(=O)N(C)C2CCOC2)CCN1. The molecule has 2 rings (SSSR count). The minimum Gasteiger partial charge on any atom is -0.379 e. The minimum atomic E-state index is 0.210. The molecule has 0 aromatic heterocycles. The zero-order valence-corrected chi connectivity index (χ0v) is 10.2. The van der Waals surface area contributed by atoms with Crippen LogP contribution in [-0.2, 0) is 9.53 Å². The Morgan fingerprint density at radius 1 is 1.44 bits per heavy atom. The van der Waals surface area contributed by atoms with Gasteiger partial charge in [-0.05, 0) is 32.7 Å². The number of hydrogen-bond donors (Lipinski definition) is 1. The van der Waals surface area contributed by atoms with Gasteiger partial charge < -0.3 is 15.0 Å². The van der Waals surface area contributed by atoms with E-state index in [1.54, 1.807) is 0 Å². The third kappa shape index (κ3) is 2.55. The van der Waals surface area contributed by atoms with Gasteiger partial charge >= 0.3 is 0 Å². The van der Waals surface area contributed by atoms with E-state index in [9.17, 15) is 4.79 Å². The van der Waals surface area contributed by atoms with E-state index in [1.165, 1.54) is 0 Å². The normalized spacial score (nSPS) is 35.0. The second-order valence-electron chi connectivity index (χ2n) is 5.04. The number of hydrogen-bond acceptors (Lipinski definition) is 3. The summed E-state index contributed by atoms with van der Waals surface area (Å²) < 4.78 is 5.33. The fourth-order valence-electron chi connectivity index (χ4n) is 2.65. The third-order valence-electron chi connectivity index (χ3n) is 3.77. The quantitative estimate of drug-likeness (QED) is 0.750. The molecule has 0 aromatic rings. The van der Waals surface area contributed by atoms with E-state index in [0.29, 0.717) is 24.6 Å². The second kappa shape index (κ2) is 5.15. The summed E-state index contributed by atoms with van der Waals surface area (Å²) in [5.74, 6) is 0.519. The van der Waals surface area contributed by atoms with E-state index in [2.05, 4.69) is 12.2 Å². The van der Waals surface area contributed by atoms with Gasteiger partial charge in [-0.1, -0.05) is 0 Å². The van der Waals surface area contributed by atoms with Crippen LogP contribution in [0.15, 0.2) is 0 Å². The van der Waals surface area contributed by atoms with Crippen molar-refractivity contribution in [2.75, 3.05) is 26.8 Å². The van der Waals surface area contributed by atoms with Crippen LogP contribution in [0.2, 0.25) is 0 Å². The van der Waals surface area contributed by atoms with Crippen LogP contribution < -0.4 is 5.32 Å². The molecule has 0 aromatic carbocycles. The Morgan fingerprint density at radius 3 is 2.88 bits per heavy atom. The van der Waals surface area contributed by atoms with Gasteiger partial charge in [-0.2, -0.15) is 0 Å². The maximum Gasteiger partial charge on any atom is 0.225 e. The predicted octanol–water partition coefficient (Wildman–Crippen LogP) is 0.622. The highest BCUT2D eigenvalue weighted by Gasteiger charge is 2.31. The molecule has 2 fully saturated rings. The first-order valence-electron chi connectivity index (χ1n) is 6.26. The van der Waals surface area contributed by atoms with E-state index in [0.717, 1.165) is 32.4 Å². The van der Waals surface area contributed by atoms with E-state index >= 15 is 0 Å². The Hall–Kier alpha value is -0.610. The first-order valence-corrected chi connectivity index (χ1v) is 6.26. The lowest BCUT2D eigenvalue weighted by Crippen LogP contribution is -2.46. The summed E-state index contributed by atoms with van der Waals surface area (Å²) in [6.07, 6.45) is 2.93. The highest BCUT2D eigenvalue weighted by atomic mass is 16.5. The summed E-state index contributed by atoms with van der Waals surface area (Å²) >= 11 is 0. The molecule has 0 saturated carbocycles. The first-order chi connectivity index (χ1) is 7.68. The van der Waals surface area contributed by atoms with Crippen molar-refractivity contribution >= 4 is 5.91 Å². The average Bonchev–Trinajstić information content (AvgIpc) is 2.80. The molecule has 0 aliphatic carbocycles. The molecule has 2 heterocycles. The van der Waals surface area contributed by atoms with E-state index in [1.807, 2.05) is 11.9 Å². The molecule has 0 bridgehead atoms. The van der Waals surface area contributed by atoms with Crippen LogP contribution in [-0.4, -0.2) is 49.7 Å². The molecule has 92 valence electrons. The van der Waals surface area contributed by atoms with Crippen LogP contribution in [0.3, 0.4) is 0 Å². The predicted molar refractivity (Wildman–Crippen MR) is 62.2 cm³/mol. The summed E-state index contributed by atoms with van der Waals surface area (Å²) in [5.41, 5.74) is 0. The largest absolute Gasteiger partial charge is 0.379 e. The smallest absolute Gasteiger partial charge is 0.225 e. The van der Waals surface area contributed by atoms with Crippen LogP contribution in [0.5, 0.6) is 0 Å². The number of nitrogens with zero attached hydrogens (tertiary/aromatic N) is 1. The number of nitrogens with one attached hydrogen (secondary N) is 1. The zero-order valence-electron chi connectivity index (χ0n) is 10.2. The number of carbonyl (C=O) groups is 1. The van der Waals surface area contributed by atoms with Crippen molar-refractivity contribution in [1.29, 1.82) is 0 Å². The third-order valence-corrected chi connectivity index (χ3v) is 3.77. The highest BCUT2D eigenvalue weighted by Crippen LogP contribution is 2.21. The molecule has 1 amide bonds. The number of carbonyl (C=O) groups excluding carboxylic acids is 1. The number of likely N-dealkylation sites (N-methyl/N-ethyl adjacent to an activating group) is 1. The van der Waals surface area contributed by atoms with Crippen molar-refractivity contribution in [3.05, 3.63) is 0 Å². The van der Waals surface area contributed by atoms with Crippen LogP contribution in [0.1, 0.15) is 26.2 Å². The van der Waals surface area contributed by atoms with Crippen molar-refractivity contribution in [2.24, 2.45) is 5.92 Å². The van der Waals surface area contributed by atoms with Gasteiger partial charge in [0, 0.05) is 25.6 Å². The fourth-order valence-corrected chi connectivity index (χ4v) is 2.65. The Bertz CT molecular complexity index is 247. The Kier molecular flexibility index (Phi) is 3.82. The highest BCUT2D eigenvalue weighted by molar-refractivity contribution is 5.79. The maximum atomic E-state index is 12.3. The maximum absolute atomic E-state index is 12.3. The number of amides is 1. The Morgan fingerprint density at radius 2 is 2.25 bits per heavy atom. The van der Waals surface area contributed by atoms with Crippen LogP contribution in [0.4, 0.5) is 0 Å². The lowest BCUT2D eigenvalue weighted by atomic mass is 9.91. The molecular weight excluding hydrogens is 204 g/mol. The van der Waals surface area contributed by atoms with Gasteiger partial charge in [-0.25, -0.2) is 0 Å². The van der Waals surface area contributed by atoms with Gasteiger partial charge in [0.15, 0.2) is 0 Å². The van der Waals surface area contributed by atoms with Crippen molar-refractivity contribution in [1.82, 2.24) is 10.2 Å². The van der Waals surface area contributed by atoms with Gasteiger partial charge in [0.1, 0.15) is 0 Å². The van der Waals surface area contributed by atoms with E-state index in [4.69, 9.17) is 4.74 Å². The average molecular weight is 226 g/mol. The number of ether oxygens (including phenoxy) is 1. The molecule has 0 spiro atoms. The fraction of sp³-hybridized carbons (Fsp3) is 0.917. The minimum absolute atomic E-state index is 0.210. The van der Waals surface area contributed by atoms with Gasteiger partial charge in [0.05, 0.1) is 12.6 Å². The van der Waals surface area contributed by atoms with E-state index in [-0.39, 0.29) is 5.92 Å². The monoisotopic (exact) mass is 226 g/mol. The molecule has 3 atom stereocenters. The Labute approximate surface area is 97.3 Å². The molecule has 2 aliphatic heterocycles. The molecule has 16 heavy (non-hydrogen) atoms. The topological polar surface area (TPSA) is 41.6 Å². The second-order valence-corrected chi connectivity index (χ2v) is 5.04. The van der Waals surface area contributed by atoms with Crippen molar-refractivity contribution in [3.63, 3.8) is 0 Å². The number of rotatable bonds is 2. The molecule has 4 nitrogen and oxygen atoms in total. The first kappa shape index (κ1) is 11.9. The summed E-state index contributed by atoms with van der Waals surface area (Å²) in [7, 11) is 1.92. The molecule has 0 radical (unpaired) electrons. The molecule has 1 unspecified atom stereocenters. The van der Waals surface area contributed by atoms with E-state index < -0.39 is 0 Å². The molecule has 2 saturated heterocycles.